The van der Waals surface area contributed by atoms with E-state index in [0.717, 1.165) is 10.2 Å². The first-order valence-corrected chi connectivity index (χ1v) is 8.63. The van der Waals surface area contributed by atoms with E-state index in [4.69, 9.17) is 47.0 Å². The van der Waals surface area contributed by atoms with E-state index in [9.17, 15) is 4.79 Å². The van der Waals surface area contributed by atoms with Gasteiger partial charge < -0.3 is 16.0 Å². The first kappa shape index (κ1) is 19.8. The Hall–Kier alpha value is -0.270. The first-order chi connectivity index (χ1) is 10.1. The van der Waals surface area contributed by atoms with Crippen molar-refractivity contribution >= 4 is 79.7 Å². The molecule has 1 amide bonds. The van der Waals surface area contributed by atoms with Crippen molar-refractivity contribution in [2.45, 2.75) is 23.8 Å². The largest absolute Gasteiger partial charge is 0.339 e. The highest BCUT2D eigenvalue weighted by molar-refractivity contribution is 9.10. The van der Waals surface area contributed by atoms with E-state index in [-0.39, 0.29) is 16.9 Å². The average Bonchev–Trinajstić information content (AvgIpc) is 2.39. The molecule has 0 heterocycles. The van der Waals surface area contributed by atoms with Crippen LogP contribution in [0.15, 0.2) is 28.7 Å². The zero-order chi connectivity index (χ0) is 16.9. The van der Waals surface area contributed by atoms with E-state index in [1.165, 1.54) is 0 Å². The Kier molecular flexibility index (Phi) is 7.68. The number of thiocarbonyl (C=S) groups is 1. The Morgan fingerprint density at radius 2 is 1.73 bits per heavy atom. The maximum Gasteiger partial charge on any atom is 0.228 e. The second-order valence-electron chi connectivity index (χ2n) is 4.74. The van der Waals surface area contributed by atoms with Crippen LogP contribution < -0.4 is 16.0 Å². The van der Waals surface area contributed by atoms with Crippen molar-refractivity contribution in [3.8, 4) is 0 Å². The maximum atomic E-state index is 11.8. The summed E-state index contributed by atoms with van der Waals surface area (Å²) < 4.78 is -0.809. The number of hydrogen-bond acceptors (Lipinski definition) is 2. The molecule has 1 aromatic carbocycles. The van der Waals surface area contributed by atoms with Crippen LogP contribution in [-0.4, -0.2) is 21.0 Å². The molecular formula is C13H15BrCl3N3OS. The quantitative estimate of drug-likeness (QED) is 0.368. The van der Waals surface area contributed by atoms with Crippen molar-refractivity contribution in [2.24, 2.45) is 5.92 Å². The van der Waals surface area contributed by atoms with Crippen LogP contribution in [0.2, 0.25) is 0 Å². The molecule has 0 bridgehead atoms. The number of rotatable bonds is 4. The summed E-state index contributed by atoms with van der Waals surface area (Å²) in [6.45, 7) is 3.48. The second kappa shape index (κ2) is 8.55. The van der Waals surface area contributed by atoms with Gasteiger partial charge in [-0.25, -0.2) is 0 Å². The van der Waals surface area contributed by atoms with Gasteiger partial charge in [0.25, 0.3) is 0 Å². The number of alkyl halides is 3. The summed E-state index contributed by atoms with van der Waals surface area (Å²) in [6.07, 6.45) is -0.956. The Morgan fingerprint density at radius 1 is 1.18 bits per heavy atom. The van der Waals surface area contributed by atoms with Crippen LogP contribution >= 0.6 is 63.0 Å². The molecule has 1 atom stereocenters. The van der Waals surface area contributed by atoms with E-state index in [2.05, 4.69) is 31.9 Å². The molecule has 0 unspecified atom stereocenters. The number of amides is 1. The lowest BCUT2D eigenvalue weighted by Gasteiger charge is -2.28. The van der Waals surface area contributed by atoms with Crippen molar-refractivity contribution < 1.29 is 4.79 Å². The van der Waals surface area contributed by atoms with Crippen molar-refractivity contribution in [1.29, 1.82) is 0 Å². The van der Waals surface area contributed by atoms with Crippen LogP contribution in [0.5, 0.6) is 0 Å². The molecule has 0 aromatic heterocycles. The molecule has 4 nitrogen and oxygen atoms in total. The van der Waals surface area contributed by atoms with Gasteiger partial charge in [-0.2, -0.15) is 0 Å². The minimum absolute atomic E-state index is 0.225. The van der Waals surface area contributed by atoms with E-state index in [1.807, 2.05) is 24.3 Å². The molecular weight excluding hydrogens is 432 g/mol. The summed E-state index contributed by atoms with van der Waals surface area (Å²) in [5, 5.41) is 8.56. The summed E-state index contributed by atoms with van der Waals surface area (Å²) in [6, 6.07) is 7.38. The second-order valence-corrected chi connectivity index (χ2v) is 8.44. The molecule has 0 saturated carbocycles. The van der Waals surface area contributed by atoms with Crippen molar-refractivity contribution in [1.82, 2.24) is 10.6 Å². The van der Waals surface area contributed by atoms with E-state index in [0.29, 0.717) is 0 Å². The lowest BCUT2D eigenvalue weighted by molar-refractivity contribution is -0.124. The molecule has 22 heavy (non-hydrogen) atoms. The van der Waals surface area contributed by atoms with Gasteiger partial charge in [0.15, 0.2) is 5.11 Å². The number of halogens is 4. The normalized spacial score (nSPS) is 12.7. The minimum Gasteiger partial charge on any atom is -0.339 e. The highest BCUT2D eigenvalue weighted by Crippen LogP contribution is 2.29. The van der Waals surface area contributed by atoms with Crippen molar-refractivity contribution in [3.63, 3.8) is 0 Å². The number of hydrogen-bond donors (Lipinski definition) is 3. The van der Waals surface area contributed by atoms with Gasteiger partial charge in [-0.3, -0.25) is 4.79 Å². The fourth-order valence-electron chi connectivity index (χ4n) is 1.34. The summed E-state index contributed by atoms with van der Waals surface area (Å²) in [7, 11) is 0. The van der Waals surface area contributed by atoms with Crippen molar-refractivity contribution in [2.75, 3.05) is 5.32 Å². The number of benzene rings is 1. The van der Waals surface area contributed by atoms with Gasteiger partial charge in [0.1, 0.15) is 6.17 Å². The predicted octanol–water partition coefficient (Wildman–Crippen LogP) is 4.20. The van der Waals surface area contributed by atoms with Crippen LogP contribution in [-0.2, 0) is 4.79 Å². The standard InChI is InChI=1S/C13H15BrCl3N3OS/c1-7(2)10(21)19-11(13(15,16)17)20-12(22)18-9-5-3-8(14)4-6-9/h3-7,11H,1-2H3,(H,19,21)(H2,18,20,22)/t11-/m1/s1. The van der Waals surface area contributed by atoms with Gasteiger partial charge in [0, 0.05) is 16.1 Å². The van der Waals surface area contributed by atoms with Crippen LogP contribution in [0.25, 0.3) is 0 Å². The Labute approximate surface area is 158 Å². The van der Waals surface area contributed by atoms with Gasteiger partial charge >= 0.3 is 0 Å². The number of anilines is 1. The molecule has 9 heteroatoms. The van der Waals surface area contributed by atoms with Gasteiger partial charge in [-0.1, -0.05) is 64.6 Å². The summed E-state index contributed by atoms with van der Waals surface area (Å²) in [5.41, 5.74) is 0.763. The Morgan fingerprint density at radius 3 is 2.18 bits per heavy atom. The first-order valence-electron chi connectivity index (χ1n) is 6.29. The molecule has 1 aromatic rings. The molecule has 0 spiro atoms. The molecule has 0 radical (unpaired) electrons. The fourth-order valence-corrected chi connectivity index (χ4v) is 2.17. The van der Waals surface area contributed by atoms with Gasteiger partial charge in [0.2, 0.25) is 9.70 Å². The maximum absolute atomic E-state index is 11.8. The van der Waals surface area contributed by atoms with Gasteiger partial charge in [0.05, 0.1) is 0 Å². The van der Waals surface area contributed by atoms with E-state index >= 15 is 0 Å². The zero-order valence-corrected chi connectivity index (χ0v) is 16.5. The third-order valence-electron chi connectivity index (χ3n) is 2.52. The van der Waals surface area contributed by atoms with Crippen LogP contribution in [0, 0.1) is 5.92 Å². The van der Waals surface area contributed by atoms with Crippen LogP contribution in [0.1, 0.15) is 13.8 Å². The van der Waals surface area contributed by atoms with E-state index < -0.39 is 9.96 Å². The molecule has 0 saturated heterocycles. The topological polar surface area (TPSA) is 53.2 Å². The molecule has 1 rings (SSSR count). The molecule has 0 aliphatic rings. The molecule has 0 aliphatic carbocycles. The lowest BCUT2D eigenvalue weighted by Crippen LogP contribution is -2.56. The minimum atomic E-state index is -1.75. The number of nitrogens with one attached hydrogen (secondary N) is 3. The number of carbonyl (C=O) groups excluding carboxylic acids is 1. The average molecular weight is 448 g/mol. The van der Waals surface area contributed by atoms with Crippen LogP contribution in [0.3, 0.4) is 0 Å². The summed E-state index contributed by atoms with van der Waals surface area (Å²) in [4.78, 5) is 11.8. The highest BCUT2D eigenvalue weighted by atomic mass is 79.9. The summed E-state index contributed by atoms with van der Waals surface area (Å²) in [5.74, 6) is -0.500. The molecule has 0 aliphatic heterocycles. The smallest absolute Gasteiger partial charge is 0.228 e. The molecule has 0 fully saturated rings. The fraction of sp³-hybridized carbons (Fsp3) is 0.385. The van der Waals surface area contributed by atoms with Gasteiger partial charge in [-0.15, -0.1) is 0 Å². The SMILES string of the molecule is CC(C)C(=O)N[C@H](NC(=S)Nc1ccc(Br)cc1)C(Cl)(Cl)Cl. The van der Waals surface area contributed by atoms with Crippen LogP contribution in [0.4, 0.5) is 5.69 Å². The summed E-state index contributed by atoms with van der Waals surface area (Å²) >= 11 is 26.1. The zero-order valence-electron chi connectivity index (χ0n) is 11.8. The third kappa shape index (κ3) is 6.87. The number of carbonyl (C=O) groups is 1. The van der Waals surface area contributed by atoms with Gasteiger partial charge in [-0.05, 0) is 36.5 Å². The Balaban J connectivity index is 2.70. The Bertz CT molecular complexity index is 534. The monoisotopic (exact) mass is 445 g/mol. The molecule has 122 valence electrons. The van der Waals surface area contributed by atoms with Crippen molar-refractivity contribution in [3.05, 3.63) is 28.7 Å². The predicted molar refractivity (Wildman–Crippen MR) is 101 cm³/mol. The highest BCUT2D eigenvalue weighted by Gasteiger charge is 2.35. The van der Waals surface area contributed by atoms with E-state index in [1.54, 1.807) is 13.8 Å². The third-order valence-corrected chi connectivity index (χ3v) is 3.92. The lowest BCUT2D eigenvalue weighted by atomic mass is 10.2. The molecule has 3 N–H and O–H groups in total.